The monoisotopic (exact) mass is 316 g/mol. The first kappa shape index (κ1) is 20.6. The summed E-state index contributed by atoms with van der Waals surface area (Å²) in [5.74, 6) is -0.160. The first-order valence-electron chi connectivity index (χ1n) is 7.19. The molecule has 0 atom stereocenters. The van der Waals surface area contributed by atoms with Crippen LogP contribution >= 0.6 is 0 Å². The van der Waals surface area contributed by atoms with Gasteiger partial charge in [-0.2, -0.15) is 0 Å². The van der Waals surface area contributed by atoms with Crippen molar-refractivity contribution in [1.29, 1.82) is 0 Å². The van der Waals surface area contributed by atoms with Crippen molar-refractivity contribution in [2.24, 2.45) is 0 Å². The van der Waals surface area contributed by atoms with Crippen LogP contribution in [-0.4, -0.2) is 40.8 Å². The van der Waals surface area contributed by atoms with Crippen molar-refractivity contribution in [3.05, 3.63) is 24.7 Å². The minimum absolute atomic E-state index is 0.00276. The van der Waals surface area contributed by atoms with E-state index in [1.165, 1.54) is 13.8 Å². The molecule has 0 radical (unpaired) electrons. The van der Waals surface area contributed by atoms with Crippen molar-refractivity contribution in [3.63, 3.8) is 0 Å². The van der Waals surface area contributed by atoms with Crippen LogP contribution in [0.25, 0.3) is 0 Å². The zero-order valence-electron chi connectivity index (χ0n) is 14.0. The molecule has 22 heavy (non-hydrogen) atoms. The minimum Gasteiger partial charge on any atom is -0.469 e. The number of carbonyl (C=O) groups is 1. The Balaban J connectivity index is 3.64. The predicted molar refractivity (Wildman–Crippen MR) is 82.7 cm³/mol. The highest BCUT2D eigenvalue weighted by atomic mass is 16.7. The van der Waals surface area contributed by atoms with Crippen LogP contribution in [0.2, 0.25) is 0 Å². The Morgan fingerprint density at radius 1 is 1.00 bits per heavy atom. The van der Waals surface area contributed by atoms with Gasteiger partial charge in [-0.1, -0.05) is 13.2 Å². The Hall–Kier alpha value is -1.37. The lowest BCUT2D eigenvalue weighted by molar-refractivity contribution is -0.142. The normalized spacial score (nSPS) is 11.9. The van der Waals surface area contributed by atoms with E-state index in [0.717, 1.165) is 0 Å². The van der Waals surface area contributed by atoms with Crippen molar-refractivity contribution in [3.8, 4) is 0 Å². The van der Waals surface area contributed by atoms with Crippen molar-refractivity contribution in [2.75, 3.05) is 13.4 Å². The molecule has 0 spiro atoms. The molecule has 0 bridgehead atoms. The molecular weight excluding hydrogens is 288 g/mol. The standard InChI is InChI=1S/C16H28O6/c1-12(15(3,4)18)21-11-20-10-8-7-9-14(17)22-13(2)16(5,6)19/h18-19H,1-2,7-11H2,3-6H3. The molecule has 0 aliphatic heterocycles. The molecule has 0 saturated carbocycles. The van der Waals surface area contributed by atoms with Gasteiger partial charge in [0.05, 0.1) is 6.61 Å². The average Bonchev–Trinajstić information content (AvgIpc) is 2.34. The van der Waals surface area contributed by atoms with E-state index < -0.39 is 17.2 Å². The van der Waals surface area contributed by atoms with E-state index in [0.29, 0.717) is 19.4 Å². The maximum atomic E-state index is 11.5. The largest absolute Gasteiger partial charge is 0.469 e. The number of hydrogen-bond donors (Lipinski definition) is 2. The van der Waals surface area contributed by atoms with E-state index in [4.69, 9.17) is 14.2 Å². The summed E-state index contributed by atoms with van der Waals surface area (Å²) in [4.78, 5) is 11.5. The summed E-state index contributed by atoms with van der Waals surface area (Å²) in [5, 5.41) is 19.1. The zero-order chi connectivity index (χ0) is 17.4. The second-order valence-corrected chi connectivity index (χ2v) is 6.07. The topological polar surface area (TPSA) is 85.2 Å². The van der Waals surface area contributed by atoms with Gasteiger partial charge in [-0.15, -0.1) is 0 Å². The quantitative estimate of drug-likeness (QED) is 0.263. The minimum atomic E-state index is -1.24. The highest BCUT2D eigenvalue weighted by Crippen LogP contribution is 2.16. The molecule has 0 aliphatic rings. The van der Waals surface area contributed by atoms with Crippen LogP contribution in [0.1, 0.15) is 47.0 Å². The molecule has 0 rings (SSSR count). The summed E-state index contributed by atoms with van der Waals surface area (Å²) in [6.07, 6.45) is 1.46. The van der Waals surface area contributed by atoms with E-state index in [-0.39, 0.29) is 24.7 Å². The second kappa shape index (κ2) is 8.92. The fraction of sp³-hybridized carbons (Fsp3) is 0.688. The number of carbonyl (C=O) groups excluding carboxylic acids is 1. The molecule has 2 N–H and O–H groups in total. The Bertz CT molecular complexity index is 386. The molecule has 0 heterocycles. The molecule has 0 aliphatic carbocycles. The number of rotatable bonds is 11. The fourth-order valence-corrected chi connectivity index (χ4v) is 1.14. The number of unbranched alkanes of at least 4 members (excludes halogenated alkanes) is 1. The van der Waals surface area contributed by atoms with Gasteiger partial charge in [0.15, 0.2) is 6.79 Å². The van der Waals surface area contributed by atoms with Gasteiger partial charge in [-0.3, -0.25) is 4.79 Å². The van der Waals surface area contributed by atoms with Crippen LogP contribution in [0.3, 0.4) is 0 Å². The van der Waals surface area contributed by atoms with Crippen LogP contribution in [0, 0.1) is 0 Å². The Labute approximate surface area is 132 Å². The van der Waals surface area contributed by atoms with Gasteiger partial charge in [0.25, 0.3) is 0 Å². The fourth-order valence-electron chi connectivity index (χ4n) is 1.14. The Morgan fingerprint density at radius 3 is 2.05 bits per heavy atom. The summed E-state index contributed by atoms with van der Waals surface area (Å²) in [6, 6.07) is 0. The third-order valence-electron chi connectivity index (χ3n) is 2.84. The van der Waals surface area contributed by atoms with Crippen LogP contribution < -0.4 is 0 Å². The van der Waals surface area contributed by atoms with Crippen molar-refractivity contribution < 1.29 is 29.2 Å². The predicted octanol–water partition coefficient (Wildman–Crippen LogP) is 2.26. The Kier molecular flexibility index (Phi) is 8.37. The third-order valence-corrected chi connectivity index (χ3v) is 2.84. The number of ether oxygens (including phenoxy) is 3. The van der Waals surface area contributed by atoms with Gasteiger partial charge in [0, 0.05) is 6.42 Å². The van der Waals surface area contributed by atoms with Gasteiger partial charge in [-0.05, 0) is 40.5 Å². The van der Waals surface area contributed by atoms with Gasteiger partial charge in [0.2, 0.25) is 0 Å². The van der Waals surface area contributed by atoms with Crippen LogP contribution in [0.15, 0.2) is 24.7 Å². The number of esters is 1. The van der Waals surface area contributed by atoms with E-state index in [2.05, 4.69) is 13.2 Å². The number of aliphatic hydroxyl groups is 2. The SMILES string of the molecule is C=C(OCOCCCCC(=O)OC(=C)C(C)(C)O)C(C)(C)O. The van der Waals surface area contributed by atoms with E-state index in [9.17, 15) is 15.0 Å². The van der Waals surface area contributed by atoms with Crippen LogP contribution in [0.5, 0.6) is 0 Å². The van der Waals surface area contributed by atoms with E-state index >= 15 is 0 Å². The highest BCUT2D eigenvalue weighted by Gasteiger charge is 2.21. The molecule has 0 amide bonds. The Morgan fingerprint density at radius 2 is 1.55 bits per heavy atom. The maximum absolute atomic E-state index is 11.5. The van der Waals surface area contributed by atoms with Gasteiger partial charge >= 0.3 is 5.97 Å². The molecule has 0 fully saturated rings. The molecule has 0 aromatic heterocycles. The molecule has 6 heteroatoms. The van der Waals surface area contributed by atoms with Crippen LogP contribution in [0.4, 0.5) is 0 Å². The molecule has 6 nitrogen and oxygen atoms in total. The molecule has 128 valence electrons. The summed E-state index contributed by atoms with van der Waals surface area (Å²) in [5.41, 5.74) is -2.34. The summed E-state index contributed by atoms with van der Waals surface area (Å²) in [6.45, 7) is 13.7. The number of hydrogen-bond acceptors (Lipinski definition) is 6. The lowest BCUT2D eigenvalue weighted by Gasteiger charge is -2.20. The highest BCUT2D eigenvalue weighted by molar-refractivity contribution is 5.70. The lowest BCUT2D eigenvalue weighted by atomic mass is 10.1. The van der Waals surface area contributed by atoms with Gasteiger partial charge < -0.3 is 24.4 Å². The van der Waals surface area contributed by atoms with Crippen molar-refractivity contribution >= 4 is 5.97 Å². The summed E-state index contributed by atoms with van der Waals surface area (Å²) < 4.78 is 15.3. The van der Waals surface area contributed by atoms with E-state index in [1.54, 1.807) is 13.8 Å². The maximum Gasteiger partial charge on any atom is 0.310 e. The van der Waals surface area contributed by atoms with E-state index in [1.807, 2.05) is 0 Å². The summed E-state index contributed by atoms with van der Waals surface area (Å²) in [7, 11) is 0. The first-order valence-corrected chi connectivity index (χ1v) is 7.19. The van der Waals surface area contributed by atoms with Gasteiger partial charge in [0.1, 0.15) is 22.7 Å². The average molecular weight is 316 g/mol. The molecule has 0 saturated heterocycles. The van der Waals surface area contributed by atoms with Crippen molar-refractivity contribution in [1.82, 2.24) is 0 Å². The molecule has 0 aromatic carbocycles. The van der Waals surface area contributed by atoms with Gasteiger partial charge in [-0.25, -0.2) is 0 Å². The lowest BCUT2D eigenvalue weighted by Crippen LogP contribution is -2.25. The third kappa shape index (κ3) is 9.55. The molecule has 0 unspecified atom stereocenters. The van der Waals surface area contributed by atoms with Crippen LogP contribution in [-0.2, 0) is 19.0 Å². The zero-order valence-corrected chi connectivity index (χ0v) is 14.0. The first-order chi connectivity index (χ1) is 9.94. The second-order valence-electron chi connectivity index (χ2n) is 6.07. The smallest absolute Gasteiger partial charge is 0.310 e. The summed E-state index contributed by atoms with van der Waals surface area (Å²) >= 11 is 0. The molecule has 0 aromatic rings. The van der Waals surface area contributed by atoms with Crippen molar-refractivity contribution in [2.45, 2.75) is 58.2 Å². The molecular formula is C16H28O6.